The first-order chi connectivity index (χ1) is 9.70. The molecule has 0 unspecified atom stereocenters. The van der Waals surface area contributed by atoms with E-state index in [0.717, 1.165) is 6.07 Å². The number of hydrogen-bond donors (Lipinski definition) is 1. The first-order valence-corrected chi connectivity index (χ1v) is 7.28. The number of rotatable bonds is 3. The summed E-state index contributed by atoms with van der Waals surface area (Å²) in [6.07, 6.45) is -2.66. The van der Waals surface area contributed by atoms with Crippen LogP contribution in [-0.2, 0) is 21.8 Å². The number of aromatic nitrogens is 2. The molecule has 5 nitrogen and oxygen atoms in total. The predicted octanol–water partition coefficient (Wildman–Crippen LogP) is 1.76. The van der Waals surface area contributed by atoms with Gasteiger partial charge in [-0.25, -0.2) is 8.42 Å². The van der Waals surface area contributed by atoms with E-state index in [1.54, 1.807) is 0 Å². The van der Waals surface area contributed by atoms with Crippen molar-refractivity contribution in [2.45, 2.75) is 16.8 Å². The Bertz CT molecular complexity index is 795. The molecule has 0 spiro atoms. The lowest BCUT2D eigenvalue weighted by molar-refractivity contribution is -0.141. The van der Waals surface area contributed by atoms with Gasteiger partial charge >= 0.3 is 6.18 Å². The lowest BCUT2D eigenvalue weighted by Crippen LogP contribution is -2.16. The number of alkyl halides is 3. The van der Waals surface area contributed by atoms with Crippen molar-refractivity contribution in [1.82, 2.24) is 9.97 Å². The van der Waals surface area contributed by atoms with E-state index in [2.05, 4.69) is 9.97 Å². The minimum Gasteiger partial charge on any atom is -0.329 e. The van der Waals surface area contributed by atoms with Gasteiger partial charge in [-0.05, 0) is 18.2 Å². The molecule has 0 aliphatic carbocycles. The Kier molecular flexibility index (Phi) is 3.86. The number of aromatic amines is 1. The fourth-order valence-electron chi connectivity index (χ4n) is 1.59. The van der Waals surface area contributed by atoms with Gasteiger partial charge < -0.3 is 4.98 Å². The molecule has 21 heavy (non-hydrogen) atoms. The fraction of sp³-hybridized carbons (Fsp3) is 0.167. The molecule has 0 aliphatic rings. The van der Waals surface area contributed by atoms with Gasteiger partial charge in [-0.1, -0.05) is 6.07 Å². The van der Waals surface area contributed by atoms with Crippen LogP contribution in [0, 0.1) is 0 Å². The molecule has 0 aromatic carbocycles. The molecule has 0 saturated heterocycles. The second kappa shape index (κ2) is 5.32. The third kappa shape index (κ3) is 3.48. The highest BCUT2D eigenvalue weighted by Gasteiger charge is 2.32. The zero-order valence-corrected chi connectivity index (χ0v) is 11.2. The first kappa shape index (κ1) is 15.2. The molecule has 1 N–H and O–H groups in total. The van der Waals surface area contributed by atoms with Crippen LogP contribution in [0.25, 0.3) is 0 Å². The van der Waals surface area contributed by atoms with E-state index >= 15 is 0 Å². The molecule has 2 aromatic heterocycles. The van der Waals surface area contributed by atoms with Crippen molar-refractivity contribution in [1.29, 1.82) is 0 Å². The molecule has 0 atom stereocenters. The van der Waals surface area contributed by atoms with Gasteiger partial charge in [0.2, 0.25) is 0 Å². The average Bonchev–Trinajstić information content (AvgIpc) is 2.40. The van der Waals surface area contributed by atoms with Crippen molar-refractivity contribution in [2.75, 3.05) is 0 Å². The standard InChI is InChI=1S/C12H9F3N2O3S/c13-12(14,15)10-4-3-9(6-17-10)21(19,20)7-8-2-1-5-16-11(8)18/h1-6H,7H2,(H,16,18). The van der Waals surface area contributed by atoms with Gasteiger partial charge in [0.1, 0.15) is 5.69 Å². The van der Waals surface area contributed by atoms with E-state index in [1.165, 1.54) is 18.3 Å². The highest BCUT2D eigenvalue weighted by molar-refractivity contribution is 7.90. The van der Waals surface area contributed by atoms with Crippen LogP contribution in [0.15, 0.2) is 46.3 Å². The van der Waals surface area contributed by atoms with Crippen molar-refractivity contribution in [3.05, 3.63) is 58.3 Å². The number of nitrogens with one attached hydrogen (secondary N) is 1. The predicted molar refractivity (Wildman–Crippen MR) is 67.2 cm³/mol. The molecular formula is C12H9F3N2O3S. The van der Waals surface area contributed by atoms with Crippen molar-refractivity contribution in [3.8, 4) is 0 Å². The second-order valence-electron chi connectivity index (χ2n) is 4.16. The van der Waals surface area contributed by atoms with Gasteiger partial charge in [-0.3, -0.25) is 9.78 Å². The van der Waals surface area contributed by atoms with Crippen LogP contribution in [-0.4, -0.2) is 18.4 Å². The van der Waals surface area contributed by atoms with Gasteiger partial charge in [0, 0.05) is 18.0 Å². The number of nitrogens with zero attached hydrogens (tertiary/aromatic N) is 1. The molecule has 2 heterocycles. The van der Waals surface area contributed by atoms with Crippen molar-refractivity contribution in [2.24, 2.45) is 0 Å². The largest absolute Gasteiger partial charge is 0.433 e. The van der Waals surface area contributed by atoms with Gasteiger partial charge in [0.15, 0.2) is 9.84 Å². The van der Waals surface area contributed by atoms with Gasteiger partial charge in [0.25, 0.3) is 5.56 Å². The van der Waals surface area contributed by atoms with E-state index < -0.39 is 33.0 Å². The number of pyridine rings is 2. The third-order valence-electron chi connectivity index (χ3n) is 2.63. The van der Waals surface area contributed by atoms with Crippen LogP contribution < -0.4 is 5.56 Å². The molecule has 2 rings (SSSR count). The van der Waals surface area contributed by atoms with Crippen LogP contribution in [0.1, 0.15) is 11.3 Å². The van der Waals surface area contributed by atoms with Gasteiger partial charge in [0.05, 0.1) is 10.6 Å². The number of H-pyrrole nitrogens is 1. The Morgan fingerprint density at radius 2 is 1.90 bits per heavy atom. The molecule has 0 bridgehead atoms. The Morgan fingerprint density at radius 3 is 2.43 bits per heavy atom. The maximum Gasteiger partial charge on any atom is 0.433 e. The minimum atomic E-state index is -4.64. The Hall–Kier alpha value is -2.16. The van der Waals surface area contributed by atoms with Crippen LogP contribution in [0.4, 0.5) is 13.2 Å². The summed E-state index contributed by atoms with van der Waals surface area (Å²) < 4.78 is 61.2. The van der Waals surface area contributed by atoms with E-state index in [9.17, 15) is 26.4 Å². The molecule has 0 amide bonds. The normalized spacial score (nSPS) is 12.3. The summed E-state index contributed by atoms with van der Waals surface area (Å²) >= 11 is 0. The van der Waals surface area contributed by atoms with E-state index in [1.807, 2.05) is 0 Å². The second-order valence-corrected chi connectivity index (χ2v) is 6.15. The first-order valence-electron chi connectivity index (χ1n) is 5.63. The molecule has 9 heteroatoms. The number of sulfone groups is 1. The summed E-state index contributed by atoms with van der Waals surface area (Å²) in [5.74, 6) is -0.615. The summed E-state index contributed by atoms with van der Waals surface area (Å²) in [5.41, 5.74) is -1.75. The highest BCUT2D eigenvalue weighted by Crippen LogP contribution is 2.28. The summed E-state index contributed by atoms with van der Waals surface area (Å²) in [6, 6.07) is 4.19. The van der Waals surface area contributed by atoms with Gasteiger partial charge in [-0.2, -0.15) is 13.2 Å². The lowest BCUT2D eigenvalue weighted by Gasteiger charge is -2.07. The Balaban J connectivity index is 2.33. The number of hydrogen-bond acceptors (Lipinski definition) is 4. The summed E-state index contributed by atoms with van der Waals surface area (Å²) in [7, 11) is -3.95. The Labute approximate surface area is 117 Å². The molecule has 112 valence electrons. The van der Waals surface area contributed by atoms with Crippen molar-refractivity contribution in [3.63, 3.8) is 0 Å². The van der Waals surface area contributed by atoms with E-state index in [0.29, 0.717) is 12.3 Å². The van der Waals surface area contributed by atoms with E-state index in [4.69, 9.17) is 0 Å². The summed E-state index contributed by atoms with van der Waals surface area (Å²) in [4.78, 5) is 16.5. The van der Waals surface area contributed by atoms with E-state index in [-0.39, 0.29) is 10.5 Å². The quantitative estimate of drug-likeness (QED) is 0.935. The zero-order chi connectivity index (χ0) is 15.7. The molecule has 0 fully saturated rings. The SMILES string of the molecule is O=c1[nH]cccc1CS(=O)(=O)c1ccc(C(F)(F)F)nc1. The molecule has 0 aliphatic heterocycles. The molecule has 2 aromatic rings. The van der Waals surface area contributed by atoms with Crippen LogP contribution >= 0.6 is 0 Å². The number of halogens is 3. The van der Waals surface area contributed by atoms with Crippen LogP contribution in [0.5, 0.6) is 0 Å². The topological polar surface area (TPSA) is 79.9 Å². The molecule has 0 radical (unpaired) electrons. The maximum absolute atomic E-state index is 12.4. The van der Waals surface area contributed by atoms with Crippen LogP contribution in [0.3, 0.4) is 0 Å². The lowest BCUT2D eigenvalue weighted by atomic mass is 10.3. The summed E-state index contributed by atoms with van der Waals surface area (Å²) in [5, 5.41) is 0. The average molecular weight is 318 g/mol. The fourth-order valence-corrected chi connectivity index (χ4v) is 2.88. The van der Waals surface area contributed by atoms with Gasteiger partial charge in [-0.15, -0.1) is 0 Å². The highest BCUT2D eigenvalue weighted by atomic mass is 32.2. The van der Waals surface area contributed by atoms with Crippen molar-refractivity contribution >= 4 is 9.84 Å². The minimum absolute atomic E-state index is 0.00241. The monoisotopic (exact) mass is 318 g/mol. The third-order valence-corrected chi connectivity index (χ3v) is 4.28. The summed E-state index contributed by atoms with van der Waals surface area (Å²) in [6.45, 7) is 0. The molecular weight excluding hydrogens is 309 g/mol. The zero-order valence-electron chi connectivity index (χ0n) is 10.4. The maximum atomic E-state index is 12.4. The molecule has 0 saturated carbocycles. The van der Waals surface area contributed by atoms with Crippen LogP contribution in [0.2, 0.25) is 0 Å². The van der Waals surface area contributed by atoms with Crippen molar-refractivity contribution < 1.29 is 21.6 Å². The Morgan fingerprint density at radius 1 is 1.19 bits per heavy atom. The smallest absolute Gasteiger partial charge is 0.329 e.